The first-order chi connectivity index (χ1) is 25.1. The van der Waals surface area contributed by atoms with Crippen LogP contribution in [0.3, 0.4) is 0 Å². The number of nitrogens with zero attached hydrogens (tertiary/aromatic N) is 4. The minimum atomic E-state index is -0.439. The van der Waals surface area contributed by atoms with Crippen LogP contribution in [-0.4, -0.2) is 30.5 Å². The van der Waals surface area contributed by atoms with Gasteiger partial charge in [-0.1, -0.05) is 84.9 Å². The van der Waals surface area contributed by atoms with E-state index in [0.717, 1.165) is 23.3 Å². The molecule has 1 aliphatic carbocycles. The van der Waals surface area contributed by atoms with Gasteiger partial charge in [-0.2, -0.15) is 0 Å². The Hall–Kier alpha value is -5.98. The highest BCUT2D eigenvalue weighted by molar-refractivity contribution is 5.84. The number of aliphatic imine (C=N–C) groups is 2. The van der Waals surface area contributed by atoms with E-state index in [9.17, 15) is 0 Å². The van der Waals surface area contributed by atoms with Gasteiger partial charge in [-0.15, -0.1) is 13.2 Å². The van der Waals surface area contributed by atoms with Crippen molar-refractivity contribution in [1.29, 1.82) is 0 Å². The van der Waals surface area contributed by atoms with Gasteiger partial charge in [0.15, 0.2) is 0 Å². The first-order valence-corrected chi connectivity index (χ1v) is 16.9. The first-order valence-electron chi connectivity index (χ1n) is 16.9. The lowest BCUT2D eigenvalue weighted by Crippen LogP contribution is -2.33. The predicted molar refractivity (Wildman–Crippen MR) is 212 cm³/mol. The number of hydrogen-bond donors (Lipinski definition) is 1. The van der Waals surface area contributed by atoms with Crippen LogP contribution in [-0.2, 0) is 30.5 Å². The van der Waals surface area contributed by atoms with Crippen LogP contribution in [0.25, 0.3) is 11.1 Å². The van der Waals surface area contributed by atoms with Gasteiger partial charge in [0.1, 0.15) is 17.9 Å². The van der Waals surface area contributed by atoms with Gasteiger partial charge in [0.2, 0.25) is 0 Å². The zero-order valence-electron chi connectivity index (χ0n) is 29.5. The van der Waals surface area contributed by atoms with E-state index in [2.05, 4.69) is 143 Å². The molecule has 2 aromatic heterocycles. The molecular formula is C45H45N5O. The van der Waals surface area contributed by atoms with E-state index in [1.165, 1.54) is 51.6 Å². The summed E-state index contributed by atoms with van der Waals surface area (Å²) in [6.07, 6.45) is 7.91. The molecule has 0 atom stereocenters. The lowest BCUT2D eigenvalue weighted by Gasteiger charge is -2.37. The smallest absolute Gasteiger partial charge is 0.123 e. The highest BCUT2D eigenvalue weighted by Gasteiger charge is 2.46. The van der Waals surface area contributed by atoms with Crippen LogP contribution in [0.1, 0.15) is 51.4 Å². The molecule has 1 aliphatic heterocycles. The number of hydrogen-bond acceptors (Lipinski definition) is 6. The van der Waals surface area contributed by atoms with Crippen molar-refractivity contribution in [3.8, 4) is 16.9 Å². The van der Waals surface area contributed by atoms with E-state index in [-0.39, 0.29) is 5.41 Å². The zero-order chi connectivity index (χ0) is 36.3. The van der Waals surface area contributed by atoms with E-state index in [4.69, 9.17) is 4.74 Å². The van der Waals surface area contributed by atoms with Crippen LogP contribution in [0.2, 0.25) is 0 Å². The normalized spacial score (nSPS) is 12.8. The van der Waals surface area contributed by atoms with E-state index < -0.39 is 5.54 Å². The summed E-state index contributed by atoms with van der Waals surface area (Å²) in [6.45, 7) is 16.6. The molecule has 6 aromatic rings. The van der Waals surface area contributed by atoms with E-state index >= 15 is 0 Å². The molecule has 0 saturated heterocycles. The number of fused-ring (bicyclic) bond motifs is 8. The Morgan fingerprint density at radius 3 is 1.76 bits per heavy atom. The van der Waals surface area contributed by atoms with Crippen molar-refractivity contribution in [2.45, 2.75) is 37.5 Å². The van der Waals surface area contributed by atoms with Crippen LogP contribution in [0.5, 0.6) is 5.75 Å². The Labute approximate surface area is 302 Å². The van der Waals surface area contributed by atoms with Gasteiger partial charge in [0, 0.05) is 24.8 Å². The molecule has 8 rings (SSSR count). The number of para-hydroxylation sites is 1. The maximum Gasteiger partial charge on any atom is 0.123 e. The van der Waals surface area contributed by atoms with Crippen LogP contribution < -0.4 is 10.5 Å². The molecule has 3 heterocycles. The Kier molecular flexibility index (Phi) is 11.8. The maximum atomic E-state index is 6.30. The summed E-state index contributed by atoms with van der Waals surface area (Å²) < 4.78 is 6.30. The van der Waals surface area contributed by atoms with Gasteiger partial charge in [0.25, 0.3) is 0 Å². The summed E-state index contributed by atoms with van der Waals surface area (Å²) >= 11 is 0. The molecule has 0 radical (unpaired) electrons. The standard InChI is InChI=1S/C29H23NO.C13H13N3.C2H4.CH5N/c1-30-18-20-14-15-22-19-31-28-13-7-2-8-21(28)17-29(27(22)16-20)25-11-5-3-9-23(25)24-10-4-6-12-26(24)29;1-13(14-2,11-3-7-15-8-4-11)12-5-9-16-10-6-12;2*1-2/h2-16H,1,17-19H2;3-10H,2H2,1H3;1-2H2;2H2,1H3. The summed E-state index contributed by atoms with van der Waals surface area (Å²) in [7, 11) is 1.50. The third-order valence-electron chi connectivity index (χ3n) is 9.60. The third kappa shape index (κ3) is 6.91. The second-order valence-electron chi connectivity index (χ2n) is 12.1. The minimum absolute atomic E-state index is 0.264. The van der Waals surface area contributed by atoms with Gasteiger partial charge in [-0.25, -0.2) is 0 Å². The molecule has 4 aromatic carbocycles. The fraction of sp³-hybridized carbons (Fsp3) is 0.156. The minimum Gasteiger partial charge on any atom is -0.489 e. The van der Waals surface area contributed by atoms with Crippen molar-refractivity contribution in [2.75, 3.05) is 7.05 Å². The molecule has 0 saturated carbocycles. The quantitative estimate of drug-likeness (QED) is 0.146. The van der Waals surface area contributed by atoms with Crippen molar-refractivity contribution < 1.29 is 4.74 Å². The molecule has 2 aliphatic rings. The zero-order valence-corrected chi connectivity index (χ0v) is 29.5. The van der Waals surface area contributed by atoms with Gasteiger partial charge >= 0.3 is 0 Å². The summed E-state index contributed by atoms with van der Waals surface area (Å²) in [5, 5.41) is 0. The van der Waals surface area contributed by atoms with Gasteiger partial charge in [0.05, 0.1) is 12.0 Å². The number of nitrogens with two attached hydrogens (primary N) is 1. The number of aromatic nitrogens is 2. The van der Waals surface area contributed by atoms with Crippen LogP contribution in [0.15, 0.2) is 163 Å². The van der Waals surface area contributed by atoms with Crippen molar-refractivity contribution in [2.24, 2.45) is 15.7 Å². The molecule has 1 spiro atoms. The molecule has 0 unspecified atom stereocenters. The summed E-state index contributed by atoms with van der Waals surface area (Å²) in [5.41, 5.74) is 16.3. The monoisotopic (exact) mass is 671 g/mol. The van der Waals surface area contributed by atoms with Gasteiger partial charge in [-0.05, 0) is 120 Å². The maximum absolute atomic E-state index is 6.30. The second-order valence-corrected chi connectivity index (χ2v) is 12.1. The van der Waals surface area contributed by atoms with Crippen LogP contribution in [0.4, 0.5) is 0 Å². The molecule has 6 nitrogen and oxygen atoms in total. The fourth-order valence-electron chi connectivity index (χ4n) is 7.21. The van der Waals surface area contributed by atoms with Crippen molar-refractivity contribution in [3.63, 3.8) is 0 Å². The van der Waals surface area contributed by atoms with E-state index in [1.54, 1.807) is 24.8 Å². The highest BCUT2D eigenvalue weighted by atomic mass is 16.5. The van der Waals surface area contributed by atoms with Gasteiger partial charge in [-0.3, -0.25) is 20.0 Å². The molecule has 51 heavy (non-hydrogen) atoms. The Morgan fingerprint density at radius 1 is 0.686 bits per heavy atom. The molecule has 256 valence electrons. The number of pyridine rings is 2. The lowest BCUT2D eigenvalue weighted by molar-refractivity contribution is 0.293. The van der Waals surface area contributed by atoms with Gasteiger partial charge < -0.3 is 10.5 Å². The number of benzene rings is 4. The van der Waals surface area contributed by atoms with Crippen molar-refractivity contribution >= 4 is 13.4 Å². The van der Waals surface area contributed by atoms with E-state index in [0.29, 0.717) is 13.2 Å². The topological polar surface area (TPSA) is 85.8 Å². The number of rotatable bonds is 5. The summed E-state index contributed by atoms with van der Waals surface area (Å²) in [6, 6.07) is 40.8. The highest BCUT2D eigenvalue weighted by Crippen LogP contribution is 2.56. The van der Waals surface area contributed by atoms with Crippen LogP contribution in [0, 0.1) is 0 Å². The second kappa shape index (κ2) is 16.6. The number of ether oxygens (including phenoxy) is 1. The Morgan fingerprint density at radius 2 is 1.22 bits per heavy atom. The van der Waals surface area contributed by atoms with Crippen molar-refractivity contribution in [1.82, 2.24) is 9.97 Å². The lowest BCUT2D eigenvalue weighted by atomic mass is 9.66. The fourth-order valence-corrected chi connectivity index (χ4v) is 7.21. The molecule has 0 amide bonds. The van der Waals surface area contributed by atoms with Crippen LogP contribution >= 0.6 is 0 Å². The van der Waals surface area contributed by atoms with E-state index in [1.807, 2.05) is 31.2 Å². The Balaban J connectivity index is 0.000000213. The molecule has 2 N–H and O–H groups in total. The molecule has 6 heteroatoms. The SMILES string of the molecule is C=C.C=NC(C)(c1ccncc1)c1ccncc1.C=NCc1ccc2c(c1)C1(Cc3ccccc3OC2)c2ccccc2-c2ccccc21.CN. The molecule has 0 fully saturated rings. The summed E-state index contributed by atoms with van der Waals surface area (Å²) in [5.74, 6) is 0.978. The first kappa shape index (κ1) is 36.3. The third-order valence-corrected chi connectivity index (χ3v) is 9.60. The predicted octanol–water partition coefficient (Wildman–Crippen LogP) is 9.15. The average Bonchev–Trinajstić information content (AvgIpc) is 3.49. The summed E-state index contributed by atoms with van der Waals surface area (Å²) in [4.78, 5) is 16.4. The Bertz CT molecular complexity index is 1990. The van der Waals surface area contributed by atoms with Crippen molar-refractivity contribution in [3.05, 3.63) is 198 Å². The average molecular weight is 672 g/mol. The molecular weight excluding hydrogens is 627 g/mol. The molecule has 0 bridgehead atoms. The largest absolute Gasteiger partial charge is 0.489 e.